The number of anilines is 2. The second-order valence-corrected chi connectivity index (χ2v) is 24.0. The van der Waals surface area contributed by atoms with E-state index in [0.717, 1.165) is 74.3 Å². The van der Waals surface area contributed by atoms with Crippen LogP contribution in [0.1, 0.15) is 252 Å². The van der Waals surface area contributed by atoms with Crippen LogP contribution in [0, 0.1) is 11.8 Å². The lowest BCUT2D eigenvalue weighted by Crippen LogP contribution is -2.16. The zero-order valence-corrected chi connectivity index (χ0v) is 54.9. The molecule has 494 valence electrons. The summed E-state index contributed by atoms with van der Waals surface area (Å²) in [5.74, 6) is -1.51. The number of carbonyl (C=O) groups excluding carboxylic acids is 4. The van der Waals surface area contributed by atoms with Crippen molar-refractivity contribution in [2.75, 3.05) is 37.1 Å². The van der Waals surface area contributed by atoms with Gasteiger partial charge in [-0.25, -0.2) is 9.59 Å². The van der Waals surface area contributed by atoms with Gasteiger partial charge in [-0.3, -0.25) is 9.59 Å². The number of allylic oxidation sites excluding steroid dienone is 2. The molecule has 16 nitrogen and oxygen atoms in total. The molecular weight excluding hydrogens is 1130 g/mol. The number of nitrogens with one attached hydrogen (secondary N) is 2. The Hall–Kier alpha value is -7.04. The Kier molecular flexibility index (Phi) is 39.3. The van der Waals surface area contributed by atoms with Crippen LogP contribution < -0.4 is 10.6 Å². The fraction of sp³-hybridized carbons (Fsp3) is 0.568. The molecule has 2 unspecified atom stereocenters. The molecule has 0 aliphatic rings. The van der Waals surface area contributed by atoms with Crippen molar-refractivity contribution >= 4 is 46.5 Å². The molecule has 0 fully saturated rings. The van der Waals surface area contributed by atoms with E-state index in [2.05, 4.69) is 44.9 Å². The molecule has 0 spiro atoms. The van der Waals surface area contributed by atoms with Crippen LogP contribution in [0.3, 0.4) is 0 Å². The molecule has 90 heavy (non-hydrogen) atoms. The fourth-order valence-corrected chi connectivity index (χ4v) is 11.3. The molecule has 0 aromatic heterocycles. The lowest BCUT2D eigenvalue weighted by Gasteiger charge is -2.28. The SMILES string of the molecule is CCCCCCCCCC(CCCCCCCCOC(=O)c1ccccc1N=N/C(C(=O)Nc1ccc(CCO)cc1)=C(\C)O)C(CCCCCCCCC)CCCCCCCCOC(=O)c1ccccc1N=N/C(C(=O)Nc1ccc(CCO)cc1)=C(\C)O. The number of nitrogens with zero attached hydrogens (tertiary/aromatic N) is 4. The third-order valence-electron chi connectivity index (χ3n) is 16.5. The van der Waals surface area contributed by atoms with Crippen molar-refractivity contribution in [2.24, 2.45) is 32.3 Å². The van der Waals surface area contributed by atoms with E-state index in [1.54, 1.807) is 97.1 Å². The summed E-state index contributed by atoms with van der Waals surface area (Å²) in [7, 11) is 0. The van der Waals surface area contributed by atoms with Gasteiger partial charge >= 0.3 is 11.9 Å². The molecule has 0 radical (unpaired) electrons. The third-order valence-corrected chi connectivity index (χ3v) is 16.5. The summed E-state index contributed by atoms with van der Waals surface area (Å²) in [6.07, 6.45) is 37.6. The summed E-state index contributed by atoms with van der Waals surface area (Å²) >= 11 is 0. The lowest BCUT2D eigenvalue weighted by atomic mass is 9.78. The van der Waals surface area contributed by atoms with Gasteiger partial charge in [0.25, 0.3) is 11.8 Å². The van der Waals surface area contributed by atoms with Gasteiger partial charge in [-0.1, -0.05) is 242 Å². The number of aliphatic hydroxyl groups is 4. The van der Waals surface area contributed by atoms with Crippen molar-refractivity contribution in [1.29, 1.82) is 0 Å². The van der Waals surface area contributed by atoms with Crippen LogP contribution in [0.5, 0.6) is 0 Å². The Labute approximate surface area is 538 Å². The molecule has 6 N–H and O–H groups in total. The van der Waals surface area contributed by atoms with Crippen LogP contribution in [0.25, 0.3) is 0 Å². The first-order valence-electron chi connectivity index (χ1n) is 34.1. The quantitative estimate of drug-likeness (QED) is 0.00803. The molecular formula is C74H108N6O10. The van der Waals surface area contributed by atoms with Crippen LogP contribution in [0.4, 0.5) is 22.7 Å². The maximum atomic E-state index is 13.3. The van der Waals surface area contributed by atoms with Crippen LogP contribution in [0.15, 0.2) is 140 Å². The molecule has 4 aromatic carbocycles. The number of esters is 2. The number of aliphatic hydroxyl groups excluding tert-OH is 4. The Morgan fingerprint density at radius 1 is 0.411 bits per heavy atom. The van der Waals surface area contributed by atoms with Gasteiger partial charge < -0.3 is 40.5 Å². The van der Waals surface area contributed by atoms with Crippen molar-refractivity contribution in [1.82, 2.24) is 0 Å². The average molecular weight is 1240 g/mol. The fourth-order valence-electron chi connectivity index (χ4n) is 11.3. The monoisotopic (exact) mass is 1240 g/mol. The van der Waals surface area contributed by atoms with E-state index in [-0.39, 0.29) is 71.8 Å². The number of unbranched alkanes of at least 4 members (excludes halogenated alkanes) is 22. The van der Waals surface area contributed by atoms with Gasteiger partial charge in [-0.15, -0.1) is 20.5 Å². The molecule has 16 heteroatoms. The van der Waals surface area contributed by atoms with Crippen LogP contribution in [-0.4, -0.2) is 70.6 Å². The lowest BCUT2D eigenvalue weighted by molar-refractivity contribution is -0.113. The zero-order valence-electron chi connectivity index (χ0n) is 54.9. The van der Waals surface area contributed by atoms with Gasteiger partial charge in [-0.2, -0.15) is 0 Å². The van der Waals surface area contributed by atoms with Gasteiger partial charge in [-0.05, 0) is 111 Å². The highest BCUT2D eigenvalue weighted by Crippen LogP contribution is 2.34. The first-order valence-corrected chi connectivity index (χ1v) is 34.1. The second-order valence-electron chi connectivity index (χ2n) is 24.0. The number of benzene rings is 4. The molecule has 4 aromatic rings. The van der Waals surface area contributed by atoms with E-state index in [1.807, 2.05) is 0 Å². The van der Waals surface area contributed by atoms with E-state index in [1.165, 1.54) is 155 Å². The van der Waals surface area contributed by atoms with E-state index in [4.69, 9.17) is 9.47 Å². The number of hydrogen-bond acceptors (Lipinski definition) is 14. The van der Waals surface area contributed by atoms with E-state index >= 15 is 0 Å². The van der Waals surface area contributed by atoms with Crippen molar-refractivity contribution in [3.05, 3.63) is 142 Å². The first kappa shape index (κ1) is 75.4. The van der Waals surface area contributed by atoms with E-state index in [0.29, 0.717) is 24.2 Å². The van der Waals surface area contributed by atoms with Gasteiger partial charge in [0.15, 0.2) is 11.4 Å². The largest absolute Gasteiger partial charge is 0.510 e. The average Bonchev–Trinajstić information content (AvgIpc) is 1.85. The number of ether oxygens (including phenoxy) is 2. The van der Waals surface area contributed by atoms with Crippen molar-refractivity contribution in [3.63, 3.8) is 0 Å². The minimum atomic E-state index is -0.660. The molecule has 4 rings (SSSR count). The van der Waals surface area contributed by atoms with Gasteiger partial charge in [0.05, 0.1) is 24.3 Å². The summed E-state index contributed by atoms with van der Waals surface area (Å²) in [6.45, 7) is 7.86. The predicted octanol–water partition coefficient (Wildman–Crippen LogP) is 19.8. The highest BCUT2D eigenvalue weighted by Gasteiger charge is 2.22. The van der Waals surface area contributed by atoms with Gasteiger partial charge in [0.2, 0.25) is 0 Å². The first-order chi connectivity index (χ1) is 43.9. The third kappa shape index (κ3) is 31.1. The summed E-state index contributed by atoms with van der Waals surface area (Å²) in [5.41, 5.74) is 3.12. The number of amides is 2. The summed E-state index contributed by atoms with van der Waals surface area (Å²) in [6, 6.07) is 27.3. The minimum absolute atomic E-state index is 0.0194. The maximum Gasteiger partial charge on any atom is 0.340 e. The molecule has 2 atom stereocenters. The van der Waals surface area contributed by atoms with E-state index < -0.39 is 23.8 Å². The Morgan fingerprint density at radius 3 is 1.02 bits per heavy atom. The topological polar surface area (TPSA) is 241 Å². The highest BCUT2D eigenvalue weighted by atomic mass is 16.5. The van der Waals surface area contributed by atoms with Crippen molar-refractivity contribution < 1.29 is 49.1 Å². The number of rotatable bonds is 49. The minimum Gasteiger partial charge on any atom is -0.510 e. The van der Waals surface area contributed by atoms with Gasteiger partial charge in [0.1, 0.15) is 22.9 Å². The number of hydrogen-bond donors (Lipinski definition) is 6. The Bertz CT molecular complexity index is 2600. The zero-order chi connectivity index (χ0) is 64.8. The molecule has 0 bridgehead atoms. The standard InChI is InChI=1S/C74H108N6O10/c1-5-7-9-11-13-19-25-35-61(37-27-21-15-17-23-33-55-89-73(87)65-39-29-31-41-67(65)77-79-69(57(3)83)71(85)75-63-47-43-59(44-48-63)51-53-81)62(36-26-20-14-12-10-8-6-2)38-28-22-16-18-24-34-56-90-74(88)66-40-30-32-42-68(66)78-80-70(58(4)84)72(86)76-64-49-45-60(46-50-64)52-54-82/h29-32,39-50,61-62,81-84H,5-28,33-38,51-56H2,1-4H3,(H,75,85)(H,76,86)/b69-57+,70-58+,79-77?,80-78?. The molecule has 0 saturated heterocycles. The van der Waals surface area contributed by atoms with Crippen LogP contribution in [0.2, 0.25) is 0 Å². The molecule has 0 heterocycles. The molecule has 0 aliphatic heterocycles. The Balaban J connectivity index is 1.22. The molecule has 0 saturated carbocycles. The second kappa shape index (κ2) is 47.0. The van der Waals surface area contributed by atoms with Crippen molar-refractivity contribution in [2.45, 2.75) is 233 Å². The predicted molar refractivity (Wildman–Crippen MR) is 362 cm³/mol. The van der Waals surface area contributed by atoms with E-state index in [9.17, 15) is 39.6 Å². The molecule has 2 amide bonds. The van der Waals surface area contributed by atoms with Crippen molar-refractivity contribution in [3.8, 4) is 0 Å². The Morgan fingerprint density at radius 2 is 0.711 bits per heavy atom. The molecule has 0 aliphatic carbocycles. The number of azo groups is 2. The number of carbonyl (C=O) groups is 4. The summed E-state index contributed by atoms with van der Waals surface area (Å²) < 4.78 is 11.4. The smallest absolute Gasteiger partial charge is 0.340 e. The maximum absolute atomic E-state index is 13.3. The summed E-state index contributed by atoms with van der Waals surface area (Å²) in [4.78, 5) is 52.7. The summed E-state index contributed by atoms with van der Waals surface area (Å²) in [5, 5.41) is 60.9. The van der Waals surface area contributed by atoms with Gasteiger partial charge in [0, 0.05) is 24.6 Å². The highest BCUT2D eigenvalue weighted by molar-refractivity contribution is 6.04. The van der Waals surface area contributed by atoms with Crippen LogP contribution in [-0.2, 0) is 31.9 Å². The normalized spacial score (nSPS) is 12.8. The van der Waals surface area contributed by atoms with Crippen LogP contribution >= 0.6 is 0 Å².